The number of hydrogen-bond acceptors (Lipinski definition) is 1. The summed E-state index contributed by atoms with van der Waals surface area (Å²) in [6.07, 6.45) is 8.12. The standard InChI is InChI=1S/C20H33N/c1-5-16(4)18-9-11-19(12-10-18)21-20-8-6-7-17(14-20)13-15(2)3/h9-12,15-17,20-21H,5-8,13-14H2,1-4H3. The number of nitrogens with one attached hydrogen (secondary N) is 1. The van der Waals surface area contributed by atoms with Crippen molar-refractivity contribution in [2.45, 2.75) is 78.2 Å². The fraction of sp³-hybridized carbons (Fsp3) is 0.700. The summed E-state index contributed by atoms with van der Waals surface area (Å²) >= 11 is 0. The SMILES string of the molecule is CCC(C)c1ccc(NC2CCCC(CC(C)C)C2)cc1. The molecule has 0 amide bonds. The minimum Gasteiger partial charge on any atom is -0.382 e. The van der Waals surface area contributed by atoms with E-state index in [0.717, 1.165) is 11.8 Å². The Morgan fingerprint density at radius 2 is 1.81 bits per heavy atom. The van der Waals surface area contributed by atoms with Crippen LogP contribution in [0.1, 0.15) is 77.7 Å². The first-order valence-electron chi connectivity index (χ1n) is 8.95. The molecule has 1 saturated carbocycles. The molecule has 0 saturated heterocycles. The summed E-state index contributed by atoms with van der Waals surface area (Å²) in [5.41, 5.74) is 2.77. The Labute approximate surface area is 131 Å². The second-order valence-corrected chi connectivity index (χ2v) is 7.43. The van der Waals surface area contributed by atoms with Crippen LogP contribution in [-0.2, 0) is 0 Å². The molecular weight excluding hydrogens is 254 g/mol. The lowest BCUT2D eigenvalue weighted by Crippen LogP contribution is -2.27. The molecule has 0 heterocycles. The molecule has 2 rings (SSSR count). The van der Waals surface area contributed by atoms with Gasteiger partial charge in [-0.25, -0.2) is 0 Å². The Kier molecular flexibility index (Phi) is 6.14. The fourth-order valence-electron chi connectivity index (χ4n) is 3.68. The lowest BCUT2D eigenvalue weighted by atomic mass is 9.81. The van der Waals surface area contributed by atoms with Crippen molar-refractivity contribution in [3.63, 3.8) is 0 Å². The number of benzene rings is 1. The maximum atomic E-state index is 3.77. The van der Waals surface area contributed by atoms with Crippen LogP contribution in [0.2, 0.25) is 0 Å². The Hall–Kier alpha value is -0.980. The molecule has 3 unspecified atom stereocenters. The fourth-order valence-corrected chi connectivity index (χ4v) is 3.68. The molecule has 0 spiro atoms. The second kappa shape index (κ2) is 7.87. The third kappa shape index (κ3) is 5.05. The molecule has 1 N–H and O–H groups in total. The maximum Gasteiger partial charge on any atom is 0.0342 e. The molecule has 1 aliphatic carbocycles. The zero-order valence-corrected chi connectivity index (χ0v) is 14.4. The molecule has 1 aromatic rings. The van der Waals surface area contributed by atoms with Gasteiger partial charge in [0, 0.05) is 11.7 Å². The van der Waals surface area contributed by atoms with E-state index in [1.165, 1.54) is 49.8 Å². The van der Waals surface area contributed by atoms with Crippen molar-refractivity contribution in [2.24, 2.45) is 11.8 Å². The maximum absolute atomic E-state index is 3.77. The van der Waals surface area contributed by atoms with E-state index < -0.39 is 0 Å². The van der Waals surface area contributed by atoms with Gasteiger partial charge in [0.1, 0.15) is 0 Å². The smallest absolute Gasteiger partial charge is 0.0342 e. The quantitative estimate of drug-likeness (QED) is 0.655. The van der Waals surface area contributed by atoms with Gasteiger partial charge in [0.15, 0.2) is 0 Å². The van der Waals surface area contributed by atoms with Crippen LogP contribution < -0.4 is 5.32 Å². The van der Waals surface area contributed by atoms with E-state index in [1.54, 1.807) is 0 Å². The zero-order chi connectivity index (χ0) is 15.2. The Balaban J connectivity index is 1.89. The highest BCUT2D eigenvalue weighted by Crippen LogP contribution is 2.31. The summed E-state index contributed by atoms with van der Waals surface area (Å²) in [6.45, 7) is 9.27. The van der Waals surface area contributed by atoms with Crippen molar-refractivity contribution < 1.29 is 0 Å². The van der Waals surface area contributed by atoms with Gasteiger partial charge in [-0.1, -0.05) is 52.7 Å². The average molecular weight is 287 g/mol. The highest BCUT2D eigenvalue weighted by Gasteiger charge is 2.22. The highest BCUT2D eigenvalue weighted by molar-refractivity contribution is 5.46. The van der Waals surface area contributed by atoms with E-state index in [2.05, 4.69) is 57.3 Å². The van der Waals surface area contributed by atoms with Gasteiger partial charge in [0.25, 0.3) is 0 Å². The minimum atomic E-state index is 0.671. The molecule has 1 heteroatoms. The van der Waals surface area contributed by atoms with Gasteiger partial charge in [-0.3, -0.25) is 0 Å². The van der Waals surface area contributed by atoms with Crippen LogP contribution >= 0.6 is 0 Å². The van der Waals surface area contributed by atoms with Crippen molar-refractivity contribution in [3.05, 3.63) is 29.8 Å². The van der Waals surface area contributed by atoms with Crippen LogP contribution in [0.25, 0.3) is 0 Å². The van der Waals surface area contributed by atoms with E-state index in [4.69, 9.17) is 0 Å². The number of hydrogen-bond donors (Lipinski definition) is 1. The molecule has 118 valence electrons. The van der Waals surface area contributed by atoms with Crippen molar-refractivity contribution in [1.29, 1.82) is 0 Å². The molecule has 1 nitrogen and oxygen atoms in total. The third-order valence-corrected chi connectivity index (χ3v) is 5.05. The van der Waals surface area contributed by atoms with E-state index >= 15 is 0 Å². The highest BCUT2D eigenvalue weighted by atomic mass is 14.9. The van der Waals surface area contributed by atoms with Crippen molar-refractivity contribution in [1.82, 2.24) is 0 Å². The van der Waals surface area contributed by atoms with E-state index in [-0.39, 0.29) is 0 Å². The second-order valence-electron chi connectivity index (χ2n) is 7.43. The number of rotatable bonds is 6. The first-order valence-corrected chi connectivity index (χ1v) is 8.95. The Bertz CT molecular complexity index is 406. The van der Waals surface area contributed by atoms with Crippen LogP contribution in [0.4, 0.5) is 5.69 Å². The molecule has 0 radical (unpaired) electrons. The minimum absolute atomic E-state index is 0.671. The molecule has 0 aromatic heterocycles. The molecule has 3 atom stereocenters. The molecular formula is C20H33N. The lowest BCUT2D eigenvalue weighted by Gasteiger charge is -2.31. The Morgan fingerprint density at radius 1 is 1.10 bits per heavy atom. The van der Waals surface area contributed by atoms with E-state index in [0.29, 0.717) is 12.0 Å². The van der Waals surface area contributed by atoms with Crippen LogP contribution in [0.5, 0.6) is 0 Å². The van der Waals surface area contributed by atoms with Gasteiger partial charge < -0.3 is 5.32 Å². The van der Waals surface area contributed by atoms with E-state index in [9.17, 15) is 0 Å². The molecule has 1 aliphatic rings. The lowest BCUT2D eigenvalue weighted by molar-refractivity contribution is 0.289. The Morgan fingerprint density at radius 3 is 2.43 bits per heavy atom. The topological polar surface area (TPSA) is 12.0 Å². The molecule has 1 aromatic carbocycles. The monoisotopic (exact) mass is 287 g/mol. The largest absolute Gasteiger partial charge is 0.382 e. The van der Waals surface area contributed by atoms with Crippen molar-refractivity contribution in [2.75, 3.05) is 5.32 Å². The average Bonchev–Trinajstić information content (AvgIpc) is 2.47. The van der Waals surface area contributed by atoms with Gasteiger partial charge >= 0.3 is 0 Å². The van der Waals surface area contributed by atoms with E-state index in [1.807, 2.05) is 0 Å². The van der Waals surface area contributed by atoms with Gasteiger partial charge in [-0.05, 0) is 61.1 Å². The summed E-state index contributed by atoms with van der Waals surface area (Å²) < 4.78 is 0. The first kappa shape index (κ1) is 16.4. The summed E-state index contributed by atoms with van der Waals surface area (Å²) in [5, 5.41) is 3.77. The molecule has 21 heavy (non-hydrogen) atoms. The molecule has 0 aliphatic heterocycles. The summed E-state index contributed by atoms with van der Waals surface area (Å²) in [5.74, 6) is 2.43. The first-order chi connectivity index (χ1) is 10.1. The zero-order valence-electron chi connectivity index (χ0n) is 14.4. The van der Waals surface area contributed by atoms with Gasteiger partial charge in [-0.15, -0.1) is 0 Å². The number of anilines is 1. The van der Waals surface area contributed by atoms with Gasteiger partial charge in [-0.2, -0.15) is 0 Å². The van der Waals surface area contributed by atoms with Crippen molar-refractivity contribution in [3.8, 4) is 0 Å². The van der Waals surface area contributed by atoms with Crippen LogP contribution in [0, 0.1) is 11.8 Å². The normalized spacial score (nSPS) is 24.0. The predicted octanol–water partition coefficient (Wildman–Crippen LogP) is 6.22. The van der Waals surface area contributed by atoms with Crippen LogP contribution in [-0.4, -0.2) is 6.04 Å². The molecule has 0 bridgehead atoms. The predicted molar refractivity (Wildman–Crippen MR) is 94.0 cm³/mol. The van der Waals surface area contributed by atoms with Gasteiger partial charge in [0.2, 0.25) is 0 Å². The van der Waals surface area contributed by atoms with Crippen molar-refractivity contribution >= 4 is 5.69 Å². The van der Waals surface area contributed by atoms with Crippen LogP contribution in [0.15, 0.2) is 24.3 Å². The summed E-state index contributed by atoms with van der Waals surface area (Å²) in [6, 6.07) is 9.81. The third-order valence-electron chi connectivity index (χ3n) is 5.05. The summed E-state index contributed by atoms with van der Waals surface area (Å²) in [7, 11) is 0. The van der Waals surface area contributed by atoms with Crippen LogP contribution in [0.3, 0.4) is 0 Å². The van der Waals surface area contributed by atoms with Gasteiger partial charge in [0.05, 0.1) is 0 Å². The summed E-state index contributed by atoms with van der Waals surface area (Å²) in [4.78, 5) is 0. The molecule has 1 fully saturated rings.